The highest BCUT2D eigenvalue weighted by Gasteiger charge is 1.99. The third-order valence-corrected chi connectivity index (χ3v) is 2.06. The fourth-order valence-electron chi connectivity index (χ4n) is 1.30. The third kappa shape index (κ3) is 3.41. The molecule has 0 heterocycles. The summed E-state index contributed by atoms with van der Waals surface area (Å²) in [6.45, 7) is 0. The van der Waals surface area contributed by atoms with Gasteiger partial charge in [-0.3, -0.25) is 0 Å². The molecule has 0 saturated heterocycles. The van der Waals surface area contributed by atoms with Crippen molar-refractivity contribution in [2.24, 2.45) is 0 Å². The summed E-state index contributed by atoms with van der Waals surface area (Å²) in [5.74, 6) is 1.76. The summed E-state index contributed by atoms with van der Waals surface area (Å²) < 4.78 is 5.57. The molecule has 0 aliphatic carbocycles. The molecular weight excluding hydrogens is 234 g/mol. The van der Waals surface area contributed by atoms with E-state index < -0.39 is 6.09 Å². The van der Waals surface area contributed by atoms with Crippen LogP contribution >= 0.6 is 0 Å². The maximum Gasteiger partial charge on any atom is 0.438 e. The summed E-state index contributed by atoms with van der Waals surface area (Å²) >= 11 is 0. The van der Waals surface area contributed by atoms with Gasteiger partial charge in [0.25, 0.3) is 0 Å². The van der Waals surface area contributed by atoms with Gasteiger partial charge in [-0.05, 0) is 36.4 Å². The van der Waals surface area contributed by atoms with E-state index in [4.69, 9.17) is 14.7 Å². The Hall–Kier alpha value is -2.69. The van der Waals surface area contributed by atoms with Crippen LogP contribution in [0.15, 0.2) is 54.6 Å². The largest absolute Gasteiger partial charge is 0.463 e. The molecule has 0 aromatic heterocycles. The molecule has 0 saturated carbocycles. The molecule has 2 N–H and O–H groups in total. The number of amides is 1. The minimum Gasteiger partial charge on any atom is -0.463 e. The number of hydroxylamine groups is 1. The number of carboxylic acid groups (broad SMARTS) is 1. The van der Waals surface area contributed by atoms with Gasteiger partial charge in [0.2, 0.25) is 0 Å². The average molecular weight is 245 g/mol. The number of carbonyl (C=O) groups is 1. The van der Waals surface area contributed by atoms with E-state index in [-0.39, 0.29) is 0 Å². The van der Waals surface area contributed by atoms with E-state index >= 15 is 0 Å². The van der Waals surface area contributed by atoms with E-state index in [1.165, 1.54) is 0 Å². The van der Waals surface area contributed by atoms with Crippen molar-refractivity contribution in [1.29, 1.82) is 0 Å². The van der Waals surface area contributed by atoms with Crippen LogP contribution in [0.3, 0.4) is 0 Å². The predicted octanol–water partition coefficient (Wildman–Crippen LogP) is 3.04. The van der Waals surface area contributed by atoms with E-state index in [9.17, 15) is 4.79 Å². The summed E-state index contributed by atoms with van der Waals surface area (Å²) in [5, 5.41) is 8.36. The fourth-order valence-corrected chi connectivity index (χ4v) is 1.30. The van der Waals surface area contributed by atoms with E-state index in [1.807, 2.05) is 30.3 Å². The molecule has 0 aliphatic rings. The van der Waals surface area contributed by atoms with Gasteiger partial charge in [-0.1, -0.05) is 18.2 Å². The number of nitrogens with one attached hydrogen (secondary N) is 1. The van der Waals surface area contributed by atoms with Gasteiger partial charge in [-0.15, -0.1) is 0 Å². The van der Waals surface area contributed by atoms with E-state index in [1.54, 1.807) is 29.7 Å². The molecule has 0 fully saturated rings. The van der Waals surface area contributed by atoms with Crippen LogP contribution in [0.5, 0.6) is 17.2 Å². The number of hydrogen-bond acceptors (Lipinski definition) is 3. The second kappa shape index (κ2) is 5.58. The van der Waals surface area contributed by atoms with Gasteiger partial charge < -0.3 is 14.7 Å². The third-order valence-electron chi connectivity index (χ3n) is 2.06. The van der Waals surface area contributed by atoms with Crippen molar-refractivity contribution in [3.63, 3.8) is 0 Å². The quantitative estimate of drug-likeness (QED) is 0.812. The van der Waals surface area contributed by atoms with Gasteiger partial charge in [0.15, 0.2) is 5.75 Å². The van der Waals surface area contributed by atoms with Crippen molar-refractivity contribution in [2.75, 3.05) is 0 Å². The molecule has 0 unspecified atom stereocenters. The van der Waals surface area contributed by atoms with Crippen molar-refractivity contribution < 1.29 is 19.5 Å². The SMILES string of the molecule is O=C(O)NOc1ccc(Oc2ccccc2)cc1. The lowest BCUT2D eigenvalue weighted by Crippen LogP contribution is -2.24. The molecule has 2 rings (SSSR count). The van der Waals surface area contributed by atoms with Crippen LogP contribution in [0.2, 0.25) is 0 Å². The van der Waals surface area contributed by atoms with E-state index in [2.05, 4.69) is 0 Å². The Labute approximate surface area is 104 Å². The minimum atomic E-state index is -1.25. The lowest BCUT2D eigenvalue weighted by molar-refractivity contribution is 0.136. The van der Waals surface area contributed by atoms with Crippen LogP contribution in [0.4, 0.5) is 4.79 Å². The first-order chi connectivity index (χ1) is 8.74. The average Bonchev–Trinajstić information content (AvgIpc) is 2.39. The van der Waals surface area contributed by atoms with Gasteiger partial charge in [0.1, 0.15) is 11.5 Å². The minimum absolute atomic E-state index is 0.387. The molecule has 92 valence electrons. The maximum absolute atomic E-state index is 10.2. The zero-order valence-corrected chi connectivity index (χ0v) is 9.37. The number of rotatable bonds is 4. The van der Waals surface area contributed by atoms with Crippen molar-refractivity contribution in [2.45, 2.75) is 0 Å². The number of benzene rings is 2. The lowest BCUT2D eigenvalue weighted by Gasteiger charge is -2.07. The van der Waals surface area contributed by atoms with Crippen LogP contribution in [-0.4, -0.2) is 11.2 Å². The highest BCUT2D eigenvalue weighted by atomic mass is 16.7. The first kappa shape index (κ1) is 11.8. The molecule has 0 radical (unpaired) electrons. The molecule has 0 aliphatic heterocycles. The zero-order chi connectivity index (χ0) is 12.8. The summed E-state index contributed by atoms with van der Waals surface area (Å²) in [5.41, 5.74) is 1.81. The molecular formula is C13H11NO4. The number of hydrogen-bond donors (Lipinski definition) is 2. The summed E-state index contributed by atoms with van der Waals surface area (Å²) in [7, 11) is 0. The molecule has 2 aromatic rings. The molecule has 2 aromatic carbocycles. The smallest absolute Gasteiger partial charge is 0.438 e. The fraction of sp³-hybridized carbons (Fsp3) is 0. The van der Waals surface area contributed by atoms with Crippen LogP contribution in [0, 0.1) is 0 Å². The number of para-hydroxylation sites is 1. The summed E-state index contributed by atoms with van der Waals surface area (Å²) in [6.07, 6.45) is -1.25. The zero-order valence-electron chi connectivity index (χ0n) is 9.37. The second-order valence-electron chi connectivity index (χ2n) is 3.40. The van der Waals surface area contributed by atoms with E-state index in [0.717, 1.165) is 5.75 Å². The standard InChI is InChI=1S/C13H11NO4/c15-13(16)14-18-12-8-6-11(7-9-12)17-10-4-2-1-3-5-10/h1-9,14H,(H,15,16). The van der Waals surface area contributed by atoms with Crippen molar-refractivity contribution in [1.82, 2.24) is 5.48 Å². The Morgan fingerprint density at radius 3 is 2.06 bits per heavy atom. The normalized spacial score (nSPS) is 9.56. The predicted molar refractivity (Wildman–Crippen MR) is 64.7 cm³/mol. The van der Waals surface area contributed by atoms with Crippen molar-refractivity contribution in [3.05, 3.63) is 54.6 Å². The van der Waals surface area contributed by atoms with Crippen LogP contribution in [-0.2, 0) is 0 Å². The Bertz CT molecular complexity index is 510. The Morgan fingerprint density at radius 2 is 1.44 bits per heavy atom. The van der Waals surface area contributed by atoms with Crippen LogP contribution in [0.1, 0.15) is 0 Å². The van der Waals surface area contributed by atoms with Gasteiger partial charge in [-0.25, -0.2) is 4.79 Å². The topological polar surface area (TPSA) is 67.8 Å². The van der Waals surface area contributed by atoms with Crippen molar-refractivity contribution in [3.8, 4) is 17.2 Å². The van der Waals surface area contributed by atoms with Gasteiger partial charge in [0.05, 0.1) is 0 Å². The first-order valence-corrected chi connectivity index (χ1v) is 5.23. The maximum atomic E-state index is 10.2. The Balaban J connectivity index is 1.97. The molecule has 0 bridgehead atoms. The van der Waals surface area contributed by atoms with E-state index in [0.29, 0.717) is 11.5 Å². The molecule has 18 heavy (non-hydrogen) atoms. The van der Waals surface area contributed by atoms with Crippen LogP contribution < -0.4 is 15.1 Å². The Kier molecular flexibility index (Phi) is 3.66. The van der Waals surface area contributed by atoms with Crippen molar-refractivity contribution >= 4 is 6.09 Å². The molecule has 1 amide bonds. The van der Waals surface area contributed by atoms with Gasteiger partial charge >= 0.3 is 6.09 Å². The molecule has 5 nitrogen and oxygen atoms in total. The monoisotopic (exact) mass is 245 g/mol. The second-order valence-corrected chi connectivity index (χ2v) is 3.40. The first-order valence-electron chi connectivity index (χ1n) is 5.23. The van der Waals surface area contributed by atoms with Gasteiger partial charge in [-0.2, -0.15) is 5.48 Å². The highest BCUT2D eigenvalue weighted by molar-refractivity contribution is 5.63. The molecule has 5 heteroatoms. The highest BCUT2D eigenvalue weighted by Crippen LogP contribution is 2.23. The molecule has 0 atom stereocenters. The summed E-state index contributed by atoms with van der Waals surface area (Å²) in [4.78, 5) is 15.0. The number of ether oxygens (including phenoxy) is 1. The van der Waals surface area contributed by atoms with Crippen LogP contribution in [0.25, 0.3) is 0 Å². The summed E-state index contributed by atoms with van der Waals surface area (Å²) in [6, 6.07) is 15.9. The van der Waals surface area contributed by atoms with Gasteiger partial charge in [0, 0.05) is 0 Å². The Morgan fingerprint density at radius 1 is 0.889 bits per heavy atom. The molecule has 0 spiro atoms. The lowest BCUT2D eigenvalue weighted by atomic mass is 10.3.